The predicted molar refractivity (Wildman–Crippen MR) is 71.8 cm³/mol. The summed E-state index contributed by atoms with van der Waals surface area (Å²) in [7, 11) is 3.34. The molecule has 5 heteroatoms. The number of halogens is 1. The van der Waals surface area contributed by atoms with Gasteiger partial charge in [-0.3, -0.25) is 4.68 Å². The molecule has 19 heavy (non-hydrogen) atoms. The van der Waals surface area contributed by atoms with E-state index in [0.717, 1.165) is 12.2 Å². The minimum Gasteiger partial charge on any atom is -0.496 e. The molecule has 1 atom stereocenters. The highest BCUT2D eigenvalue weighted by atomic mass is 19.1. The van der Waals surface area contributed by atoms with E-state index >= 15 is 0 Å². The van der Waals surface area contributed by atoms with E-state index in [9.17, 15) is 4.39 Å². The predicted octanol–water partition coefficient (Wildman–Crippen LogP) is 2.36. The summed E-state index contributed by atoms with van der Waals surface area (Å²) in [5, 5.41) is 7.36. The summed E-state index contributed by atoms with van der Waals surface area (Å²) in [6, 6.07) is 6.43. The molecule has 1 aromatic carbocycles. The standard InChI is InChI=1S/C14H18FN3O/c1-4-18-11(8-9-17-18)14(16-2)13-10(15)6-5-7-12(13)19-3/h5-9,14,16H,4H2,1-3H3. The number of methoxy groups -OCH3 is 1. The summed E-state index contributed by atoms with van der Waals surface area (Å²) < 4.78 is 21.3. The van der Waals surface area contributed by atoms with Crippen molar-refractivity contribution in [1.29, 1.82) is 0 Å². The molecule has 1 aromatic heterocycles. The van der Waals surface area contributed by atoms with Crippen LogP contribution in [-0.4, -0.2) is 23.9 Å². The molecular weight excluding hydrogens is 245 g/mol. The molecule has 0 radical (unpaired) electrons. The number of hydrogen-bond donors (Lipinski definition) is 1. The van der Waals surface area contributed by atoms with Crippen LogP contribution in [0.2, 0.25) is 0 Å². The summed E-state index contributed by atoms with van der Waals surface area (Å²) in [6.45, 7) is 2.74. The van der Waals surface area contributed by atoms with E-state index in [1.165, 1.54) is 6.07 Å². The molecular formula is C14H18FN3O. The van der Waals surface area contributed by atoms with Gasteiger partial charge >= 0.3 is 0 Å². The van der Waals surface area contributed by atoms with E-state index in [1.54, 1.807) is 32.5 Å². The maximum Gasteiger partial charge on any atom is 0.132 e. The summed E-state index contributed by atoms with van der Waals surface area (Å²) in [5.74, 6) is 0.241. The van der Waals surface area contributed by atoms with Crippen LogP contribution in [0, 0.1) is 5.82 Å². The number of rotatable bonds is 5. The van der Waals surface area contributed by atoms with Crippen LogP contribution in [0.4, 0.5) is 4.39 Å². The van der Waals surface area contributed by atoms with Crippen LogP contribution in [-0.2, 0) is 6.54 Å². The Bertz CT molecular complexity index is 553. The maximum atomic E-state index is 14.2. The lowest BCUT2D eigenvalue weighted by molar-refractivity contribution is 0.396. The zero-order valence-corrected chi connectivity index (χ0v) is 11.4. The van der Waals surface area contributed by atoms with Gasteiger partial charge in [0.15, 0.2) is 0 Å². The lowest BCUT2D eigenvalue weighted by Crippen LogP contribution is -2.23. The van der Waals surface area contributed by atoms with Crippen molar-refractivity contribution in [1.82, 2.24) is 15.1 Å². The first kappa shape index (κ1) is 13.5. The third kappa shape index (κ3) is 2.46. The second kappa shape index (κ2) is 5.84. The molecule has 0 aliphatic heterocycles. The molecule has 0 amide bonds. The Kier molecular flexibility index (Phi) is 4.16. The van der Waals surface area contributed by atoms with Crippen LogP contribution in [0.5, 0.6) is 5.75 Å². The Morgan fingerprint density at radius 1 is 1.42 bits per heavy atom. The van der Waals surface area contributed by atoms with Crippen molar-refractivity contribution in [3.05, 3.63) is 47.5 Å². The van der Waals surface area contributed by atoms with E-state index in [0.29, 0.717) is 11.3 Å². The van der Waals surface area contributed by atoms with Gasteiger partial charge in [-0.2, -0.15) is 5.10 Å². The second-order valence-corrected chi connectivity index (χ2v) is 4.15. The van der Waals surface area contributed by atoms with Crippen LogP contribution in [0.15, 0.2) is 30.5 Å². The van der Waals surface area contributed by atoms with E-state index < -0.39 is 0 Å². The highest BCUT2D eigenvalue weighted by Gasteiger charge is 2.23. The van der Waals surface area contributed by atoms with Gasteiger partial charge in [-0.05, 0) is 32.2 Å². The average Bonchev–Trinajstić information content (AvgIpc) is 2.89. The molecule has 2 aromatic rings. The molecule has 0 saturated heterocycles. The molecule has 102 valence electrons. The first-order valence-corrected chi connectivity index (χ1v) is 6.24. The molecule has 2 rings (SSSR count). The van der Waals surface area contributed by atoms with Crippen LogP contribution >= 0.6 is 0 Å². The number of ether oxygens (including phenoxy) is 1. The smallest absolute Gasteiger partial charge is 0.132 e. The van der Waals surface area contributed by atoms with Crippen molar-refractivity contribution >= 4 is 0 Å². The fourth-order valence-electron chi connectivity index (χ4n) is 2.27. The van der Waals surface area contributed by atoms with Crippen LogP contribution in [0.25, 0.3) is 0 Å². The normalized spacial score (nSPS) is 12.4. The van der Waals surface area contributed by atoms with E-state index in [2.05, 4.69) is 10.4 Å². The maximum absolute atomic E-state index is 14.2. The molecule has 4 nitrogen and oxygen atoms in total. The fourth-order valence-corrected chi connectivity index (χ4v) is 2.27. The van der Waals surface area contributed by atoms with E-state index in [4.69, 9.17) is 4.74 Å². The van der Waals surface area contributed by atoms with Crippen LogP contribution in [0.1, 0.15) is 24.2 Å². The Morgan fingerprint density at radius 2 is 2.21 bits per heavy atom. The zero-order chi connectivity index (χ0) is 13.8. The van der Waals surface area contributed by atoms with Crippen molar-refractivity contribution in [2.75, 3.05) is 14.2 Å². The van der Waals surface area contributed by atoms with E-state index in [-0.39, 0.29) is 11.9 Å². The SMILES string of the molecule is CCn1nccc1C(NC)c1c(F)cccc1OC. The van der Waals surface area contributed by atoms with Crippen molar-refractivity contribution in [3.8, 4) is 5.75 Å². The monoisotopic (exact) mass is 263 g/mol. The van der Waals surface area contributed by atoms with Crippen molar-refractivity contribution in [2.45, 2.75) is 19.5 Å². The van der Waals surface area contributed by atoms with Gasteiger partial charge in [0, 0.05) is 12.7 Å². The highest BCUT2D eigenvalue weighted by Crippen LogP contribution is 2.31. The van der Waals surface area contributed by atoms with Gasteiger partial charge in [-0.1, -0.05) is 6.07 Å². The molecule has 0 aliphatic rings. The van der Waals surface area contributed by atoms with Gasteiger partial charge in [0.2, 0.25) is 0 Å². The van der Waals surface area contributed by atoms with Crippen LogP contribution in [0.3, 0.4) is 0 Å². The summed E-state index contributed by atoms with van der Waals surface area (Å²) in [6.07, 6.45) is 1.72. The minimum atomic E-state index is -0.293. The number of hydrogen-bond acceptors (Lipinski definition) is 3. The number of nitrogens with zero attached hydrogens (tertiary/aromatic N) is 2. The molecule has 0 aliphatic carbocycles. The zero-order valence-electron chi connectivity index (χ0n) is 11.4. The van der Waals surface area contributed by atoms with Gasteiger partial charge in [0.25, 0.3) is 0 Å². The average molecular weight is 263 g/mol. The first-order chi connectivity index (χ1) is 9.22. The summed E-state index contributed by atoms with van der Waals surface area (Å²) in [4.78, 5) is 0. The molecule has 1 heterocycles. The van der Waals surface area contributed by atoms with Crippen molar-refractivity contribution in [2.24, 2.45) is 0 Å². The Balaban J connectivity index is 2.54. The molecule has 0 saturated carbocycles. The fraction of sp³-hybridized carbons (Fsp3) is 0.357. The molecule has 0 spiro atoms. The van der Waals surface area contributed by atoms with Gasteiger partial charge in [-0.25, -0.2) is 4.39 Å². The van der Waals surface area contributed by atoms with Crippen molar-refractivity contribution < 1.29 is 9.13 Å². The number of benzene rings is 1. The third-order valence-electron chi connectivity index (χ3n) is 3.15. The largest absolute Gasteiger partial charge is 0.496 e. The third-order valence-corrected chi connectivity index (χ3v) is 3.15. The quantitative estimate of drug-likeness (QED) is 0.900. The molecule has 0 bridgehead atoms. The van der Waals surface area contributed by atoms with Gasteiger partial charge in [-0.15, -0.1) is 0 Å². The Hall–Kier alpha value is -1.88. The lowest BCUT2D eigenvalue weighted by Gasteiger charge is -2.20. The van der Waals surface area contributed by atoms with Gasteiger partial charge < -0.3 is 10.1 Å². The molecule has 1 unspecified atom stereocenters. The Morgan fingerprint density at radius 3 is 2.84 bits per heavy atom. The second-order valence-electron chi connectivity index (χ2n) is 4.15. The first-order valence-electron chi connectivity index (χ1n) is 6.24. The van der Waals surface area contributed by atoms with E-state index in [1.807, 2.05) is 17.7 Å². The Labute approximate surface area is 112 Å². The minimum absolute atomic E-state index is 0.289. The molecule has 1 N–H and O–H groups in total. The topological polar surface area (TPSA) is 39.1 Å². The summed E-state index contributed by atoms with van der Waals surface area (Å²) in [5.41, 5.74) is 1.41. The lowest BCUT2D eigenvalue weighted by atomic mass is 10.0. The number of aryl methyl sites for hydroxylation is 1. The number of aromatic nitrogens is 2. The van der Waals surface area contributed by atoms with Gasteiger partial charge in [0.05, 0.1) is 24.4 Å². The van der Waals surface area contributed by atoms with Crippen molar-refractivity contribution in [3.63, 3.8) is 0 Å². The van der Waals surface area contributed by atoms with Crippen LogP contribution < -0.4 is 10.1 Å². The number of nitrogens with one attached hydrogen (secondary N) is 1. The highest BCUT2D eigenvalue weighted by molar-refractivity contribution is 5.41. The molecule has 0 fully saturated rings. The summed E-state index contributed by atoms with van der Waals surface area (Å²) >= 11 is 0. The van der Waals surface area contributed by atoms with Gasteiger partial charge in [0.1, 0.15) is 11.6 Å².